The molecule has 2 unspecified atom stereocenters. The second kappa shape index (κ2) is 5.61. The summed E-state index contributed by atoms with van der Waals surface area (Å²) in [6, 6.07) is 12.3. The molecular formula is C16H19N3O. The molecule has 2 aromatic rings. The smallest absolute Gasteiger partial charge is 0.122 e. The molecule has 20 heavy (non-hydrogen) atoms. The number of aromatic nitrogens is 1. The molecule has 1 aromatic heterocycles. The number of ether oxygens (including phenoxy) is 1. The van der Waals surface area contributed by atoms with E-state index in [0.717, 1.165) is 23.4 Å². The minimum absolute atomic E-state index is 0.0523. The zero-order valence-corrected chi connectivity index (χ0v) is 11.5. The van der Waals surface area contributed by atoms with Gasteiger partial charge in [-0.1, -0.05) is 24.3 Å². The van der Waals surface area contributed by atoms with E-state index < -0.39 is 0 Å². The Morgan fingerprint density at radius 1 is 1.30 bits per heavy atom. The molecule has 0 saturated heterocycles. The fraction of sp³-hybridized carbons (Fsp3) is 0.312. The van der Waals surface area contributed by atoms with Crippen LogP contribution in [0.3, 0.4) is 0 Å². The number of aryl methyl sites for hydroxylation is 1. The minimum atomic E-state index is 0.0523. The molecule has 0 spiro atoms. The standard InChI is InChI=1S/C16H19N3O/c1-11-6-7-13(9-18-11)16(19-17)14-8-12-4-2-3-5-15(12)20-10-14/h2-7,9,14,16,19H,8,10,17H2,1H3. The van der Waals surface area contributed by atoms with Crippen LogP contribution in [-0.4, -0.2) is 11.6 Å². The van der Waals surface area contributed by atoms with Crippen LogP contribution in [0.5, 0.6) is 5.75 Å². The summed E-state index contributed by atoms with van der Waals surface area (Å²) in [6.07, 6.45) is 2.85. The summed E-state index contributed by atoms with van der Waals surface area (Å²) in [5.41, 5.74) is 6.27. The monoisotopic (exact) mass is 269 g/mol. The van der Waals surface area contributed by atoms with Crippen LogP contribution in [0.15, 0.2) is 42.6 Å². The Labute approximate surface area is 119 Å². The van der Waals surface area contributed by atoms with Crippen molar-refractivity contribution in [3.05, 3.63) is 59.4 Å². The van der Waals surface area contributed by atoms with Gasteiger partial charge in [0.25, 0.3) is 0 Å². The van der Waals surface area contributed by atoms with Gasteiger partial charge >= 0.3 is 0 Å². The van der Waals surface area contributed by atoms with Crippen LogP contribution in [-0.2, 0) is 6.42 Å². The zero-order valence-electron chi connectivity index (χ0n) is 11.5. The highest BCUT2D eigenvalue weighted by molar-refractivity contribution is 5.35. The van der Waals surface area contributed by atoms with E-state index in [-0.39, 0.29) is 6.04 Å². The average molecular weight is 269 g/mol. The van der Waals surface area contributed by atoms with Crippen LogP contribution in [0, 0.1) is 12.8 Å². The molecule has 104 valence electrons. The van der Waals surface area contributed by atoms with E-state index in [1.807, 2.05) is 37.4 Å². The van der Waals surface area contributed by atoms with Crippen molar-refractivity contribution < 1.29 is 4.74 Å². The summed E-state index contributed by atoms with van der Waals surface area (Å²) in [5, 5.41) is 0. The van der Waals surface area contributed by atoms with Crippen LogP contribution < -0.4 is 16.0 Å². The molecule has 0 amide bonds. The third-order valence-corrected chi connectivity index (χ3v) is 3.85. The molecule has 4 nitrogen and oxygen atoms in total. The van der Waals surface area contributed by atoms with E-state index in [1.54, 1.807) is 0 Å². The molecule has 0 aliphatic carbocycles. The van der Waals surface area contributed by atoms with Gasteiger partial charge in [-0.2, -0.15) is 0 Å². The van der Waals surface area contributed by atoms with Crippen LogP contribution in [0.1, 0.15) is 22.9 Å². The SMILES string of the molecule is Cc1ccc(C(NN)C2COc3ccccc3C2)cn1. The Morgan fingerprint density at radius 2 is 2.15 bits per heavy atom. The summed E-state index contributed by atoms with van der Waals surface area (Å²) in [6.45, 7) is 2.65. The Morgan fingerprint density at radius 3 is 2.90 bits per heavy atom. The third-order valence-electron chi connectivity index (χ3n) is 3.85. The molecule has 1 aliphatic rings. The van der Waals surface area contributed by atoms with E-state index >= 15 is 0 Å². The van der Waals surface area contributed by atoms with Crippen LogP contribution in [0.2, 0.25) is 0 Å². The molecular weight excluding hydrogens is 250 g/mol. The summed E-state index contributed by atoms with van der Waals surface area (Å²) >= 11 is 0. The Kier molecular flexibility index (Phi) is 3.67. The fourth-order valence-electron chi connectivity index (χ4n) is 2.73. The average Bonchev–Trinajstić information content (AvgIpc) is 2.50. The van der Waals surface area contributed by atoms with E-state index in [1.165, 1.54) is 5.56 Å². The molecule has 2 heterocycles. The highest BCUT2D eigenvalue weighted by Crippen LogP contribution is 2.33. The van der Waals surface area contributed by atoms with E-state index in [2.05, 4.69) is 22.5 Å². The lowest BCUT2D eigenvalue weighted by Gasteiger charge is -2.31. The van der Waals surface area contributed by atoms with Crippen molar-refractivity contribution in [3.8, 4) is 5.75 Å². The van der Waals surface area contributed by atoms with Crippen molar-refractivity contribution in [2.24, 2.45) is 11.8 Å². The van der Waals surface area contributed by atoms with Gasteiger partial charge < -0.3 is 4.74 Å². The molecule has 4 heteroatoms. The number of hydrogen-bond donors (Lipinski definition) is 2. The maximum atomic E-state index is 5.85. The number of fused-ring (bicyclic) bond motifs is 1. The van der Waals surface area contributed by atoms with Crippen molar-refractivity contribution in [3.63, 3.8) is 0 Å². The first-order chi connectivity index (χ1) is 9.78. The first kappa shape index (κ1) is 13.1. The van der Waals surface area contributed by atoms with Crippen LogP contribution >= 0.6 is 0 Å². The Balaban J connectivity index is 1.83. The topological polar surface area (TPSA) is 60.2 Å². The van der Waals surface area contributed by atoms with E-state index in [9.17, 15) is 0 Å². The van der Waals surface area contributed by atoms with Crippen molar-refractivity contribution in [2.45, 2.75) is 19.4 Å². The number of nitrogens with two attached hydrogens (primary N) is 1. The molecule has 1 aliphatic heterocycles. The second-order valence-corrected chi connectivity index (χ2v) is 5.26. The number of hydrogen-bond acceptors (Lipinski definition) is 4. The normalized spacial score (nSPS) is 19.0. The third kappa shape index (κ3) is 2.53. The van der Waals surface area contributed by atoms with Crippen molar-refractivity contribution in [2.75, 3.05) is 6.61 Å². The molecule has 3 N–H and O–H groups in total. The van der Waals surface area contributed by atoms with Crippen LogP contribution in [0.25, 0.3) is 0 Å². The van der Waals surface area contributed by atoms with Crippen molar-refractivity contribution in [1.82, 2.24) is 10.4 Å². The maximum absolute atomic E-state index is 5.85. The molecule has 3 rings (SSSR count). The van der Waals surface area contributed by atoms with Gasteiger partial charge in [-0.3, -0.25) is 16.3 Å². The molecule has 0 fully saturated rings. The molecule has 1 aromatic carbocycles. The van der Waals surface area contributed by atoms with E-state index in [0.29, 0.717) is 12.5 Å². The number of nitrogens with one attached hydrogen (secondary N) is 1. The number of nitrogens with zero attached hydrogens (tertiary/aromatic N) is 1. The van der Waals surface area contributed by atoms with Gasteiger partial charge in [-0.05, 0) is 36.6 Å². The predicted molar refractivity (Wildman–Crippen MR) is 78.2 cm³/mol. The number of benzene rings is 1. The van der Waals surface area contributed by atoms with Crippen molar-refractivity contribution in [1.29, 1.82) is 0 Å². The summed E-state index contributed by atoms with van der Waals surface area (Å²) in [7, 11) is 0. The lowest BCUT2D eigenvalue weighted by atomic mass is 9.87. The maximum Gasteiger partial charge on any atom is 0.122 e. The molecule has 0 radical (unpaired) electrons. The van der Waals surface area contributed by atoms with Gasteiger partial charge in [0.05, 0.1) is 12.6 Å². The van der Waals surface area contributed by atoms with Gasteiger partial charge in [0, 0.05) is 17.8 Å². The summed E-state index contributed by atoms with van der Waals surface area (Å²) in [4.78, 5) is 4.35. The molecule has 2 atom stereocenters. The van der Waals surface area contributed by atoms with E-state index in [4.69, 9.17) is 10.6 Å². The van der Waals surface area contributed by atoms with Gasteiger partial charge in [-0.15, -0.1) is 0 Å². The largest absolute Gasteiger partial charge is 0.493 e. The highest BCUT2D eigenvalue weighted by atomic mass is 16.5. The fourth-order valence-corrected chi connectivity index (χ4v) is 2.73. The second-order valence-electron chi connectivity index (χ2n) is 5.26. The molecule has 0 bridgehead atoms. The van der Waals surface area contributed by atoms with Gasteiger partial charge in [0.2, 0.25) is 0 Å². The first-order valence-electron chi connectivity index (χ1n) is 6.87. The van der Waals surface area contributed by atoms with Gasteiger partial charge in [0.15, 0.2) is 0 Å². The Bertz CT molecular complexity index is 583. The number of hydrazine groups is 1. The quantitative estimate of drug-likeness (QED) is 0.662. The summed E-state index contributed by atoms with van der Waals surface area (Å²) in [5.74, 6) is 7.05. The van der Waals surface area contributed by atoms with Crippen molar-refractivity contribution >= 4 is 0 Å². The number of para-hydroxylation sites is 1. The van der Waals surface area contributed by atoms with Gasteiger partial charge in [-0.25, -0.2) is 0 Å². The predicted octanol–water partition coefficient (Wildman–Crippen LogP) is 2.15. The summed E-state index contributed by atoms with van der Waals surface area (Å²) < 4.78 is 5.85. The molecule has 0 saturated carbocycles. The Hall–Kier alpha value is -1.91. The highest BCUT2D eigenvalue weighted by Gasteiger charge is 2.28. The number of rotatable bonds is 3. The van der Waals surface area contributed by atoms with Crippen LogP contribution in [0.4, 0.5) is 0 Å². The lowest BCUT2D eigenvalue weighted by molar-refractivity contribution is 0.184. The lowest BCUT2D eigenvalue weighted by Crippen LogP contribution is -2.38. The van der Waals surface area contributed by atoms with Gasteiger partial charge in [0.1, 0.15) is 5.75 Å². The minimum Gasteiger partial charge on any atom is -0.493 e. The number of pyridine rings is 1. The first-order valence-corrected chi connectivity index (χ1v) is 6.87. The zero-order chi connectivity index (χ0) is 13.9.